The Labute approximate surface area is 128 Å². The molecule has 1 saturated heterocycles. The van der Waals surface area contributed by atoms with Gasteiger partial charge in [-0.2, -0.15) is 0 Å². The van der Waals surface area contributed by atoms with Crippen LogP contribution in [0.4, 0.5) is 5.13 Å². The highest BCUT2D eigenvalue weighted by Crippen LogP contribution is 2.27. The van der Waals surface area contributed by atoms with Crippen molar-refractivity contribution in [3.05, 3.63) is 11.6 Å². The second kappa shape index (κ2) is 7.40. The van der Waals surface area contributed by atoms with Gasteiger partial charge in [0.2, 0.25) is 5.91 Å². The van der Waals surface area contributed by atoms with E-state index in [0.29, 0.717) is 6.42 Å². The zero-order valence-corrected chi connectivity index (χ0v) is 12.9. The molecule has 21 heavy (non-hydrogen) atoms. The number of unbranched alkanes of at least 4 members (excludes halogenated alkanes) is 1. The summed E-state index contributed by atoms with van der Waals surface area (Å²) in [4.78, 5) is 29.8. The fourth-order valence-corrected chi connectivity index (χ4v) is 3.28. The first-order valence-corrected chi connectivity index (χ1v) is 8.20. The Kier molecular flexibility index (Phi) is 5.55. The molecule has 1 amide bonds. The number of aromatic nitrogens is 1. The molecule has 2 atom stereocenters. The highest BCUT2D eigenvalue weighted by molar-refractivity contribution is 7.13. The summed E-state index contributed by atoms with van der Waals surface area (Å²) in [6.07, 6.45) is 5.55. The smallest absolute Gasteiger partial charge is 0.326 e. The highest BCUT2D eigenvalue weighted by atomic mass is 32.1. The van der Waals surface area contributed by atoms with Crippen LogP contribution in [0.15, 0.2) is 11.6 Å². The molecule has 1 aliphatic rings. The van der Waals surface area contributed by atoms with Crippen molar-refractivity contribution in [3.63, 3.8) is 0 Å². The van der Waals surface area contributed by atoms with Gasteiger partial charge in [0, 0.05) is 18.1 Å². The number of hydrogen-bond acceptors (Lipinski definition) is 5. The second-order valence-electron chi connectivity index (χ2n) is 5.21. The lowest BCUT2D eigenvalue weighted by Crippen LogP contribution is -2.49. The van der Waals surface area contributed by atoms with Crippen molar-refractivity contribution >= 4 is 28.3 Å². The molecule has 6 nitrogen and oxygen atoms in total. The van der Waals surface area contributed by atoms with Crippen LogP contribution in [-0.2, 0) is 9.59 Å². The molecule has 0 radical (unpaired) electrons. The largest absolute Gasteiger partial charge is 0.480 e. The van der Waals surface area contributed by atoms with Gasteiger partial charge in [0.1, 0.15) is 12.1 Å². The maximum Gasteiger partial charge on any atom is 0.326 e. The van der Waals surface area contributed by atoms with Crippen molar-refractivity contribution in [2.75, 3.05) is 11.4 Å². The number of hydrogen-bond donors (Lipinski definition) is 2. The molecule has 0 aliphatic carbocycles. The summed E-state index contributed by atoms with van der Waals surface area (Å²) < 4.78 is 0. The quantitative estimate of drug-likeness (QED) is 0.803. The summed E-state index contributed by atoms with van der Waals surface area (Å²) >= 11 is 1.50. The lowest BCUT2D eigenvalue weighted by atomic mass is 10.1. The Morgan fingerprint density at radius 2 is 2.43 bits per heavy atom. The Morgan fingerprint density at radius 3 is 3.05 bits per heavy atom. The predicted molar refractivity (Wildman–Crippen MR) is 81.6 cm³/mol. The average molecular weight is 311 g/mol. The molecule has 1 aromatic heterocycles. The first-order valence-electron chi connectivity index (χ1n) is 7.32. The van der Waals surface area contributed by atoms with Crippen molar-refractivity contribution < 1.29 is 14.7 Å². The van der Waals surface area contributed by atoms with Gasteiger partial charge < -0.3 is 15.3 Å². The van der Waals surface area contributed by atoms with Crippen molar-refractivity contribution in [2.24, 2.45) is 0 Å². The summed E-state index contributed by atoms with van der Waals surface area (Å²) in [6, 6.07) is -1.10. The highest BCUT2D eigenvalue weighted by Gasteiger charge is 2.34. The minimum Gasteiger partial charge on any atom is -0.480 e. The second-order valence-corrected chi connectivity index (χ2v) is 6.08. The lowest BCUT2D eigenvalue weighted by Gasteiger charge is -2.24. The van der Waals surface area contributed by atoms with E-state index < -0.39 is 12.0 Å². The standard InChI is InChI=1S/C14H21N3O3S/c1-2-3-5-10(13(19)20)16-12(18)11-6-4-8-17(11)14-15-7-9-21-14/h7,9-11H,2-6,8H2,1H3,(H,16,18)(H,19,20)/t10-,11?/m0/s1. The van der Waals surface area contributed by atoms with Crippen molar-refractivity contribution in [1.29, 1.82) is 0 Å². The van der Waals surface area contributed by atoms with Crippen molar-refractivity contribution in [3.8, 4) is 0 Å². The molecule has 2 N–H and O–H groups in total. The van der Waals surface area contributed by atoms with E-state index in [2.05, 4.69) is 10.3 Å². The van der Waals surface area contributed by atoms with Crippen LogP contribution in [0.1, 0.15) is 39.0 Å². The molecule has 1 aromatic rings. The summed E-state index contributed by atoms with van der Waals surface area (Å²) in [5.74, 6) is -1.17. The summed E-state index contributed by atoms with van der Waals surface area (Å²) in [5.41, 5.74) is 0. The van der Waals surface area contributed by atoms with Crippen molar-refractivity contribution in [1.82, 2.24) is 10.3 Å². The van der Waals surface area contributed by atoms with E-state index in [1.807, 2.05) is 17.2 Å². The summed E-state index contributed by atoms with van der Waals surface area (Å²) in [7, 11) is 0. The molecule has 2 rings (SSSR count). The number of carboxylic acids is 1. The average Bonchev–Trinajstić information content (AvgIpc) is 3.11. The van der Waals surface area contributed by atoms with E-state index in [-0.39, 0.29) is 11.9 Å². The van der Waals surface area contributed by atoms with E-state index in [4.69, 9.17) is 0 Å². The Bertz CT molecular complexity index is 478. The van der Waals surface area contributed by atoms with Gasteiger partial charge in [0.05, 0.1) is 0 Å². The summed E-state index contributed by atoms with van der Waals surface area (Å²) in [6.45, 7) is 2.79. The van der Waals surface area contributed by atoms with Gasteiger partial charge in [-0.15, -0.1) is 11.3 Å². The third-order valence-corrected chi connectivity index (χ3v) is 4.49. The number of nitrogens with zero attached hydrogens (tertiary/aromatic N) is 2. The van der Waals surface area contributed by atoms with E-state index >= 15 is 0 Å². The molecule has 7 heteroatoms. The Balaban J connectivity index is 1.99. The molecule has 116 valence electrons. The molecule has 0 spiro atoms. The first-order chi connectivity index (χ1) is 10.1. The number of carboxylic acid groups (broad SMARTS) is 1. The number of carbonyl (C=O) groups excluding carboxylic acids is 1. The monoisotopic (exact) mass is 311 g/mol. The molecule has 0 bridgehead atoms. The van der Waals surface area contributed by atoms with Gasteiger partial charge in [-0.25, -0.2) is 9.78 Å². The van der Waals surface area contributed by atoms with Gasteiger partial charge in [-0.05, 0) is 19.3 Å². The van der Waals surface area contributed by atoms with Crippen LogP contribution in [-0.4, -0.2) is 40.6 Å². The topological polar surface area (TPSA) is 82.5 Å². The Hall–Kier alpha value is -1.63. The molecular weight excluding hydrogens is 290 g/mol. The Morgan fingerprint density at radius 1 is 1.62 bits per heavy atom. The van der Waals surface area contributed by atoms with Crippen LogP contribution in [0.2, 0.25) is 0 Å². The van der Waals surface area contributed by atoms with E-state index in [1.54, 1.807) is 6.20 Å². The predicted octanol–water partition coefficient (Wildman–Crippen LogP) is 1.87. The van der Waals surface area contributed by atoms with Crippen LogP contribution in [0, 0.1) is 0 Å². The number of rotatable bonds is 7. The number of carbonyl (C=O) groups is 2. The van der Waals surface area contributed by atoms with Crippen LogP contribution in [0.5, 0.6) is 0 Å². The first kappa shape index (κ1) is 15.8. The van der Waals surface area contributed by atoms with Crippen LogP contribution in [0.25, 0.3) is 0 Å². The molecule has 1 fully saturated rings. The summed E-state index contributed by atoms with van der Waals surface area (Å²) in [5, 5.41) is 14.6. The molecule has 2 heterocycles. The SMILES string of the molecule is CCCC[C@H](NC(=O)C1CCCN1c1nccs1)C(=O)O. The van der Waals surface area contributed by atoms with Gasteiger partial charge in [0.15, 0.2) is 5.13 Å². The van der Waals surface area contributed by atoms with Crippen LogP contribution in [0.3, 0.4) is 0 Å². The third-order valence-electron chi connectivity index (χ3n) is 3.68. The zero-order chi connectivity index (χ0) is 15.2. The minimum absolute atomic E-state index is 0.203. The van der Waals surface area contributed by atoms with Crippen LogP contribution < -0.4 is 10.2 Å². The fraction of sp³-hybridized carbons (Fsp3) is 0.643. The molecule has 1 aliphatic heterocycles. The van der Waals surface area contributed by atoms with E-state index in [9.17, 15) is 14.7 Å². The lowest BCUT2D eigenvalue weighted by molar-refractivity contribution is -0.142. The maximum atomic E-state index is 12.4. The minimum atomic E-state index is -0.962. The number of thiazole rings is 1. The van der Waals surface area contributed by atoms with Gasteiger partial charge in [0.25, 0.3) is 0 Å². The van der Waals surface area contributed by atoms with Gasteiger partial charge in [-0.3, -0.25) is 4.79 Å². The molecule has 0 saturated carbocycles. The zero-order valence-electron chi connectivity index (χ0n) is 12.1. The number of nitrogens with one attached hydrogen (secondary N) is 1. The van der Waals surface area contributed by atoms with E-state index in [0.717, 1.165) is 37.4 Å². The number of aliphatic carboxylic acids is 1. The fourth-order valence-electron chi connectivity index (χ4n) is 2.56. The molecule has 1 unspecified atom stereocenters. The van der Waals surface area contributed by atoms with Gasteiger partial charge >= 0.3 is 5.97 Å². The van der Waals surface area contributed by atoms with Crippen LogP contribution >= 0.6 is 11.3 Å². The van der Waals surface area contributed by atoms with E-state index in [1.165, 1.54) is 11.3 Å². The number of amides is 1. The number of anilines is 1. The maximum absolute atomic E-state index is 12.4. The molecular formula is C14H21N3O3S. The third kappa shape index (κ3) is 3.93. The van der Waals surface area contributed by atoms with Crippen molar-refractivity contribution in [2.45, 2.75) is 51.1 Å². The van der Waals surface area contributed by atoms with Gasteiger partial charge in [-0.1, -0.05) is 19.8 Å². The normalized spacial score (nSPS) is 19.5. The molecule has 0 aromatic carbocycles.